The number of aromatic amines is 1. The Bertz CT molecular complexity index is 826. The molecule has 24 heavy (non-hydrogen) atoms. The number of benzene rings is 2. The smallest absolute Gasteiger partial charge is 0.253 e. The minimum absolute atomic E-state index is 0.117. The third kappa shape index (κ3) is 3.63. The van der Waals surface area contributed by atoms with Crippen molar-refractivity contribution in [1.29, 1.82) is 0 Å². The summed E-state index contributed by atoms with van der Waals surface area (Å²) in [5.74, 6) is -0.117. The summed E-state index contributed by atoms with van der Waals surface area (Å²) in [5, 5.41) is 10.8. The number of para-hydroxylation sites is 1. The van der Waals surface area contributed by atoms with Crippen molar-refractivity contribution in [3.05, 3.63) is 65.4 Å². The van der Waals surface area contributed by atoms with E-state index in [2.05, 4.69) is 22.4 Å². The Balaban J connectivity index is 1.69. The molecular formula is C19H21N3O2. The summed E-state index contributed by atoms with van der Waals surface area (Å²) in [5.41, 5.74) is 3.53. The number of ether oxygens (including phenoxy) is 1. The van der Waals surface area contributed by atoms with Crippen LogP contribution in [0, 0.1) is 0 Å². The predicted molar refractivity (Wildman–Crippen MR) is 93.7 cm³/mol. The fourth-order valence-electron chi connectivity index (χ4n) is 2.63. The van der Waals surface area contributed by atoms with Gasteiger partial charge in [0.2, 0.25) is 0 Å². The van der Waals surface area contributed by atoms with E-state index in [1.54, 1.807) is 12.3 Å². The molecule has 5 heteroatoms. The zero-order valence-corrected chi connectivity index (χ0v) is 13.7. The molecule has 5 nitrogen and oxygen atoms in total. The van der Waals surface area contributed by atoms with E-state index in [-0.39, 0.29) is 5.91 Å². The fourth-order valence-corrected chi connectivity index (χ4v) is 2.63. The highest BCUT2D eigenvalue weighted by atomic mass is 16.5. The van der Waals surface area contributed by atoms with Crippen molar-refractivity contribution in [3.63, 3.8) is 0 Å². The highest BCUT2D eigenvalue weighted by Crippen LogP contribution is 2.16. The van der Waals surface area contributed by atoms with Crippen LogP contribution in [-0.2, 0) is 17.9 Å². The molecule has 124 valence electrons. The minimum atomic E-state index is -0.117. The fraction of sp³-hybridized carbons (Fsp3) is 0.263. The molecule has 0 atom stereocenters. The number of carbonyl (C=O) groups is 1. The van der Waals surface area contributed by atoms with Gasteiger partial charge in [-0.1, -0.05) is 43.3 Å². The van der Waals surface area contributed by atoms with Gasteiger partial charge in [-0.2, -0.15) is 5.10 Å². The number of hydrogen-bond acceptors (Lipinski definition) is 3. The number of nitrogens with zero attached hydrogens (tertiary/aromatic N) is 1. The number of rotatable bonds is 7. The Hall–Kier alpha value is -2.66. The van der Waals surface area contributed by atoms with E-state index in [0.717, 1.165) is 35.1 Å². The Labute approximate surface area is 141 Å². The van der Waals surface area contributed by atoms with Gasteiger partial charge >= 0.3 is 0 Å². The molecule has 0 aliphatic heterocycles. The second kappa shape index (κ2) is 7.75. The molecule has 0 radical (unpaired) electrons. The van der Waals surface area contributed by atoms with Gasteiger partial charge in [0.05, 0.1) is 23.9 Å². The monoisotopic (exact) mass is 323 g/mol. The van der Waals surface area contributed by atoms with Gasteiger partial charge in [-0.15, -0.1) is 0 Å². The number of fused-ring (bicyclic) bond motifs is 1. The molecule has 0 aliphatic rings. The first kappa shape index (κ1) is 16.2. The Morgan fingerprint density at radius 3 is 2.83 bits per heavy atom. The quantitative estimate of drug-likeness (QED) is 0.655. The molecule has 0 fully saturated rings. The Kier molecular flexibility index (Phi) is 5.23. The van der Waals surface area contributed by atoms with Gasteiger partial charge in [-0.3, -0.25) is 9.89 Å². The Morgan fingerprint density at radius 1 is 1.17 bits per heavy atom. The number of aromatic nitrogens is 2. The van der Waals surface area contributed by atoms with Crippen molar-refractivity contribution in [2.45, 2.75) is 26.5 Å². The van der Waals surface area contributed by atoms with Crippen molar-refractivity contribution < 1.29 is 9.53 Å². The van der Waals surface area contributed by atoms with Crippen molar-refractivity contribution in [3.8, 4) is 0 Å². The molecular weight excluding hydrogens is 302 g/mol. The zero-order chi connectivity index (χ0) is 16.8. The Morgan fingerprint density at radius 2 is 2.00 bits per heavy atom. The van der Waals surface area contributed by atoms with Crippen LogP contribution < -0.4 is 5.32 Å². The van der Waals surface area contributed by atoms with Crippen LogP contribution in [0.15, 0.2) is 48.7 Å². The van der Waals surface area contributed by atoms with E-state index in [9.17, 15) is 4.79 Å². The average molecular weight is 323 g/mol. The third-order valence-electron chi connectivity index (χ3n) is 3.89. The van der Waals surface area contributed by atoms with E-state index in [1.807, 2.05) is 36.4 Å². The van der Waals surface area contributed by atoms with E-state index < -0.39 is 0 Å². The van der Waals surface area contributed by atoms with Crippen molar-refractivity contribution in [1.82, 2.24) is 15.5 Å². The summed E-state index contributed by atoms with van der Waals surface area (Å²) < 4.78 is 5.62. The molecule has 1 aromatic heterocycles. The maximum atomic E-state index is 12.5. The summed E-state index contributed by atoms with van der Waals surface area (Å²) in [4.78, 5) is 12.5. The second-order valence-electron chi connectivity index (χ2n) is 5.64. The standard InChI is InChI=1S/C19H21N3O2/c1-2-10-24-13-16-7-4-3-6-14(16)11-20-19(23)17-9-5-8-15-12-21-22-18(15)17/h3-9,12H,2,10-11,13H2,1H3,(H,20,23)(H,21,22). The van der Waals surface area contributed by atoms with Gasteiger partial charge in [-0.05, 0) is 23.6 Å². The lowest BCUT2D eigenvalue weighted by molar-refractivity contribution is 0.0951. The van der Waals surface area contributed by atoms with Crippen LogP contribution in [0.2, 0.25) is 0 Å². The number of carbonyl (C=O) groups excluding carboxylic acids is 1. The van der Waals surface area contributed by atoms with E-state index in [1.165, 1.54) is 0 Å². The number of amides is 1. The number of H-pyrrole nitrogens is 1. The normalized spacial score (nSPS) is 10.9. The van der Waals surface area contributed by atoms with Crippen LogP contribution in [0.1, 0.15) is 34.8 Å². The van der Waals surface area contributed by atoms with E-state index in [0.29, 0.717) is 18.7 Å². The van der Waals surface area contributed by atoms with Crippen LogP contribution in [0.3, 0.4) is 0 Å². The van der Waals surface area contributed by atoms with Gasteiger partial charge in [-0.25, -0.2) is 0 Å². The van der Waals surface area contributed by atoms with Crippen molar-refractivity contribution in [2.24, 2.45) is 0 Å². The van der Waals surface area contributed by atoms with Gasteiger partial charge in [0.1, 0.15) is 0 Å². The molecule has 0 saturated carbocycles. The summed E-state index contributed by atoms with van der Waals surface area (Å²) >= 11 is 0. The lowest BCUT2D eigenvalue weighted by Gasteiger charge is -2.11. The van der Waals surface area contributed by atoms with Crippen molar-refractivity contribution in [2.75, 3.05) is 6.61 Å². The molecule has 0 spiro atoms. The first-order valence-electron chi connectivity index (χ1n) is 8.14. The van der Waals surface area contributed by atoms with Gasteiger partial charge < -0.3 is 10.1 Å². The molecule has 2 N–H and O–H groups in total. The van der Waals surface area contributed by atoms with E-state index >= 15 is 0 Å². The third-order valence-corrected chi connectivity index (χ3v) is 3.89. The van der Waals surface area contributed by atoms with Gasteiger partial charge in [0, 0.05) is 18.5 Å². The van der Waals surface area contributed by atoms with Crippen LogP contribution >= 0.6 is 0 Å². The first-order valence-corrected chi connectivity index (χ1v) is 8.14. The SMILES string of the molecule is CCCOCc1ccccc1CNC(=O)c1cccc2cn[nH]c12. The maximum absolute atomic E-state index is 12.5. The van der Waals surface area contributed by atoms with Gasteiger partial charge in [0.25, 0.3) is 5.91 Å². The second-order valence-corrected chi connectivity index (χ2v) is 5.64. The largest absolute Gasteiger partial charge is 0.377 e. The highest BCUT2D eigenvalue weighted by Gasteiger charge is 2.11. The molecule has 3 aromatic rings. The molecule has 0 saturated heterocycles. The summed E-state index contributed by atoms with van der Waals surface area (Å²) in [7, 11) is 0. The van der Waals surface area contributed by atoms with Crippen LogP contribution in [0.4, 0.5) is 0 Å². The van der Waals surface area contributed by atoms with Gasteiger partial charge in [0.15, 0.2) is 0 Å². The lowest BCUT2D eigenvalue weighted by Crippen LogP contribution is -2.23. The van der Waals surface area contributed by atoms with Crippen LogP contribution in [-0.4, -0.2) is 22.7 Å². The topological polar surface area (TPSA) is 67.0 Å². The summed E-state index contributed by atoms with van der Waals surface area (Å²) in [6, 6.07) is 13.6. The van der Waals surface area contributed by atoms with Crippen LogP contribution in [0.25, 0.3) is 10.9 Å². The summed E-state index contributed by atoms with van der Waals surface area (Å²) in [6.45, 7) is 3.86. The number of hydrogen-bond donors (Lipinski definition) is 2. The predicted octanol–water partition coefficient (Wildman–Crippen LogP) is 3.42. The minimum Gasteiger partial charge on any atom is -0.377 e. The van der Waals surface area contributed by atoms with Crippen molar-refractivity contribution >= 4 is 16.8 Å². The average Bonchev–Trinajstić information content (AvgIpc) is 3.09. The zero-order valence-electron chi connectivity index (χ0n) is 13.7. The first-order chi connectivity index (χ1) is 11.8. The molecule has 0 bridgehead atoms. The molecule has 0 unspecified atom stereocenters. The van der Waals surface area contributed by atoms with Crippen LogP contribution in [0.5, 0.6) is 0 Å². The van der Waals surface area contributed by atoms with E-state index in [4.69, 9.17) is 4.74 Å². The molecule has 3 rings (SSSR count). The molecule has 2 aromatic carbocycles. The lowest BCUT2D eigenvalue weighted by atomic mass is 10.1. The molecule has 1 heterocycles. The molecule has 0 aliphatic carbocycles. The number of nitrogens with one attached hydrogen (secondary N) is 2. The molecule has 1 amide bonds. The highest BCUT2D eigenvalue weighted by molar-refractivity contribution is 6.05. The maximum Gasteiger partial charge on any atom is 0.253 e. The summed E-state index contributed by atoms with van der Waals surface area (Å²) in [6.07, 6.45) is 2.71.